The second kappa shape index (κ2) is 8.70. The fraction of sp³-hybridized carbons (Fsp3) is 0.348. The fourth-order valence-electron chi connectivity index (χ4n) is 4.45. The predicted octanol–water partition coefficient (Wildman–Crippen LogP) is 2.02. The Balaban J connectivity index is 1.35. The number of carbonyl (C=O) groups is 2. The zero-order valence-electron chi connectivity index (χ0n) is 18.2. The zero-order valence-corrected chi connectivity index (χ0v) is 18.2. The van der Waals surface area contributed by atoms with Gasteiger partial charge in [-0.25, -0.2) is 9.82 Å². The highest BCUT2D eigenvalue weighted by Crippen LogP contribution is 2.28. The summed E-state index contributed by atoms with van der Waals surface area (Å²) >= 11 is 0. The molecule has 2 N–H and O–H groups in total. The lowest BCUT2D eigenvalue weighted by Gasteiger charge is -2.32. The van der Waals surface area contributed by atoms with Crippen LogP contribution in [0.25, 0.3) is 11.5 Å². The van der Waals surface area contributed by atoms with E-state index in [-0.39, 0.29) is 36.0 Å². The summed E-state index contributed by atoms with van der Waals surface area (Å²) in [6, 6.07) is 10.2. The van der Waals surface area contributed by atoms with Gasteiger partial charge in [-0.15, -0.1) is 10.2 Å². The molecule has 2 aromatic heterocycles. The third-order valence-electron chi connectivity index (χ3n) is 6.08. The monoisotopic (exact) mass is 449 g/mol. The van der Waals surface area contributed by atoms with E-state index in [4.69, 9.17) is 0 Å². The summed E-state index contributed by atoms with van der Waals surface area (Å²) in [5.74, 6) is 0.327. The number of pyridine rings is 1. The van der Waals surface area contributed by atoms with Crippen molar-refractivity contribution >= 4 is 11.8 Å². The van der Waals surface area contributed by atoms with E-state index < -0.39 is 5.82 Å². The van der Waals surface area contributed by atoms with Gasteiger partial charge in [-0.1, -0.05) is 12.1 Å². The van der Waals surface area contributed by atoms with Crippen molar-refractivity contribution < 1.29 is 14.0 Å². The normalized spacial score (nSPS) is 20.3. The second-order valence-electron chi connectivity index (χ2n) is 8.51. The molecular weight excluding hydrogens is 425 g/mol. The smallest absolute Gasteiger partial charge is 0.257 e. The van der Waals surface area contributed by atoms with Crippen LogP contribution in [0.1, 0.15) is 47.6 Å². The van der Waals surface area contributed by atoms with Gasteiger partial charge in [-0.2, -0.15) is 0 Å². The van der Waals surface area contributed by atoms with Crippen molar-refractivity contribution in [2.75, 3.05) is 6.54 Å². The van der Waals surface area contributed by atoms with E-state index in [1.165, 1.54) is 6.07 Å². The number of fused-ring (bicyclic) bond motifs is 1. The lowest BCUT2D eigenvalue weighted by atomic mass is 9.98. The lowest BCUT2D eigenvalue weighted by Crippen LogP contribution is -2.50. The van der Waals surface area contributed by atoms with Crippen LogP contribution in [0.15, 0.2) is 42.6 Å². The van der Waals surface area contributed by atoms with Crippen LogP contribution in [0.2, 0.25) is 0 Å². The molecule has 2 atom stereocenters. The maximum Gasteiger partial charge on any atom is 0.257 e. The molecule has 0 saturated carbocycles. The maximum atomic E-state index is 14.7. The summed E-state index contributed by atoms with van der Waals surface area (Å²) in [6.45, 7) is 2.63. The van der Waals surface area contributed by atoms with Crippen molar-refractivity contribution in [1.29, 1.82) is 0 Å². The van der Waals surface area contributed by atoms with Crippen LogP contribution >= 0.6 is 0 Å². The van der Waals surface area contributed by atoms with Crippen molar-refractivity contribution in [3.05, 3.63) is 65.4 Å². The minimum atomic E-state index is -0.553. The van der Waals surface area contributed by atoms with Gasteiger partial charge in [0.1, 0.15) is 11.5 Å². The molecule has 4 heterocycles. The number of carbonyl (C=O) groups excluding carboxylic acids is 2. The standard InChI is InChI=1S/C23H24FN7O2/c1-14-12-30(13-20-27-29-22(31(14)20)19-4-2-3-9-25-19)23(33)17-11-15(5-7-18(17)24)10-16-6-8-21(32)28-26-16/h2-5,7,9,11,14,16,26H,6,8,10,12-13H2,1H3,(H,28,32). The molecule has 5 rings (SSSR count). The largest absolute Gasteiger partial charge is 0.329 e. The van der Waals surface area contributed by atoms with E-state index in [2.05, 4.69) is 26.0 Å². The number of nitrogens with zero attached hydrogens (tertiary/aromatic N) is 5. The van der Waals surface area contributed by atoms with Crippen molar-refractivity contribution in [2.24, 2.45) is 0 Å². The van der Waals surface area contributed by atoms with Crippen LogP contribution in [0.4, 0.5) is 4.39 Å². The summed E-state index contributed by atoms with van der Waals surface area (Å²) in [6.07, 6.45) is 3.41. The Morgan fingerprint density at radius 2 is 2.12 bits per heavy atom. The Labute approximate surface area is 190 Å². The van der Waals surface area contributed by atoms with Crippen LogP contribution in [0, 0.1) is 5.82 Å². The number of nitrogens with one attached hydrogen (secondary N) is 2. The van der Waals surface area contributed by atoms with E-state index in [0.717, 1.165) is 5.56 Å². The van der Waals surface area contributed by atoms with Crippen LogP contribution in [0.5, 0.6) is 0 Å². The molecule has 2 aliphatic rings. The highest BCUT2D eigenvalue weighted by molar-refractivity contribution is 5.94. The third kappa shape index (κ3) is 4.21. The Bertz CT molecular complexity index is 1190. The third-order valence-corrected chi connectivity index (χ3v) is 6.08. The summed E-state index contributed by atoms with van der Waals surface area (Å²) in [7, 11) is 0. The number of aromatic nitrogens is 4. The minimum absolute atomic E-state index is 0.0368. The van der Waals surface area contributed by atoms with E-state index in [0.29, 0.717) is 43.1 Å². The predicted molar refractivity (Wildman–Crippen MR) is 117 cm³/mol. The minimum Gasteiger partial charge on any atom is -0.329 e. The Morgan fingerprint density at radius 1 is 1.24 bits per heavy atom. The molecular formula is C23H24FN7O2. The number of rotatable bonds is 4. The first-order valence-corrected chi connectivity index (χ1v) is 11.0. The zero-order chi connectivity index (χ0) is 22.9. The first kappa shape index (κ1) is 21.2. The van der Waals surface area contributed by atoms with Gasteiger partial charge in [0.05, 0.1) is 18.2 Å². The molecule has 1 fully saturated rings. The van der Waals surface area contributed by atoms with Gasteiger partial charge < -0.3 is 9.47 Å². The Morgan fingerprint density at radius 3 is 2.88 bits per heavy atom. The maximum absolute atomic E-state index is 14.7. The lowest BCUT2D eigenvalue weighted by molar-refractivity contribution is -0.124. The summed E-state index contributed by atoms with van der Waals surface area (Å²) in [5, 5.41) is 8.56. The summed E-state index contributed by atoms with van der Waals surface area (Å²) < 4.78 is 16.6. The Kier molecular flexibility index (Phi) is 5.59. The van der Waals surface area contributed by atoms with Gasteiger partial charge in [0.15, 0.2) is 11.6 Å². The highest BCUT2D eigenvalue weighted by atomic mass is 19.1. The van der Waals surface area contributed by atoms with E-state index >= 15 is 0 Å². The Hall–Kier alpha value is -3.66. The molecule has 0 radical (unpaired) electrons. The van der Waals surface area contributed by atoms with Crippen molar-refractivity contribution in [1.82, 2.24) is 35.5 Å². The number of amides is 2. The molecule has 0 aliphatic carbocycles. The van der Waals surface area contributed by atoms with Crippen molar-refractivity contribution in [2.45, 2.75) is 44.8 Å². The van der Waals surface area contributed by atoms with Crippen LogP contribution in [-0.4, -0.2) is 49.0 Å². The number of hydrogen-bond donors (Lipinski definition) is 2. The van der Waals surface area contributed by atoms with Gasteiger partial charge in [0.25, 0.3) is 5.91 Å². The molecule has 2 unspecified atom stereocenters. The fourth-order valence-corrected chi connectivity index (χ4v) is 4.45. The number of halogens is 1. The summed E-state index contributed by atoms with van der Waals surface area (Å²) in [5.41, 5.74) is 7.18. The SMILES string of the molecule is CC1CN(C(=O)c2cc(CC3CCC(=O)NN3)ccc2F)Cc2nnc(-c3ccccn3)n21. The molecule has 3 aromatic rings. The van der Waals surface area contributed by atoms with Crippen molar-refractivity contribution in [3.8, 4) is 11.5 Å². The van der Waals surface area contributed by atoms with Gasteiger partial charge in [-0.05, 0) is 49.6 Å². The van der Waals surface area contributed by atoms with E-state index in [1.54, 1.807) is 23.2 Å². The summed E-state index contributed by atoms with van der Waals surface area (Å²) in [4.78, 5) is 30.6. The van der Waals surface area contributed by atoms with Gasteiger partial charge in [-0.3, -0.25) is 20.0 Å². The first-order chi connectivity index (χ1) is 16.0. The molecule has 1 saturated heterocycles. The van der Waals surface area contributed by atoms with Crippen LogP contribution in [-0.2, 0) is 17.8 Å². The topological polar surface area (TPSA) is 105 Å². The highest BCUT2D eigenvalue weighted by Gasteiger charge is 2.31. The quantitative estimate of drug-likeness (QED) is 0.632. The van der Waals surface area contributed by atoms with E-state index in [9.17, 15) is 14.0 Å². The molecule has 2 aliphatic heterocycles. The molecule has 9 nitrogen and oxygen atoms in total. The first-order valence-electron chi connectivity index (χ1n) is 11.0. The second-order valence-corrected chi connectivity index (χ2v) is 8.51. The number of benzene rings is 1. The van der Waals surface area contributed by atoms with E-state index in [1.807, 2.05) is 29.7 Å². The van der Waals surface area contributed by atoms with Gasteiger partial charge in [0.2, 0.25) is 5.91 Å². The number of hydrazine groups is 1. The molecule has 1 aromatic carbocycles. The average molecular weight is 449 g/mol. The van der Waals surface area contributed by atoms with Gasteiger partial charge in [0, 0.05) is 25.2 Å². The molecule has 10 heteroatoms. The van der Waals surface area contributed by atoms with Crippen molar-refractivity contribution in [3.63, 3.8) is 0 Å². The molecule has 0 spiro atoms. The van der Waals surface area contributed by atoms with Crippen LogP contribution in [0.3, 0.4) is 0 Å². The van der Waals surface area contributed by atoms with Crippen LogP contribution < -0.4 is 10.9 Å². The molecule has 2 amide bonds. The number of hydrogen-bond acceptors (Lipinski definition) is 6. The molecule has 170 valence electrons. The molecule has 33 heavy (non-hydrogen) atoms. The average Bonchev–Trinajstić information content (AvgIpc) is 3.27. The van der Waals surface area contributed by atoms with Gasteiger partial charge >= 0.3 is 0 Å². The molecule has 0 bridgehead atoms.